The van der Waals surface area contributed by atoms with E-state index in [-0.39, 0.29) is 5.95 Å². The summed E-state index contributed by atoms with van der Waals surface area (Å²) in [5, 5.41) is 3.90. The normalized spacial score (nSPS) is 9.92. The van der Waals surface area contributed by atoms with E-state index in [1.165, 1.54) is 11.3 Å². The molecular weight excluding hydrogens is 204 g/mol. The van der Waals surface area contributed by atoms with E-state index in [9.17, 15) is 0 Å². The Balaban J connectivity index is 2.61. The Morgan fingerprint density at radius 3 is 2.92 bits per heavy atom. The molecule has 4 nitrogen and oxygen atoms in total. The highest BCUT2D eigenvalue weighted by atomic mass is 32.1. The molecule has 0 spiro atoms. The Bertz CT molecular complexity index is 323. The van der Waals surface area contributed by atoms with E-state index < -0.39 is 0 Å². The van der Waals surface area contributed by atoms with Crippen LogP contribution in [0.25, 0.3) is 0 Å². The molecule has 0 aliphatic carbocycles. The fourth-order valence-corrected chi connectivity index (χ4v) is 1.75. The molecule has 3 N–H and O–H groups in total. The molecule has 0 atom stereocenters. The van der Waals surface area contributed by atoms with Gasteiger partial charge < -0.3 is 11.1 Å². The summed E-state index contributed by atoms with van der Waals surface area (Å²) >= 11 is 6.26. The number of hydrogen-bond donors (Lipinski definition) is 2. The van der Waals surface area contributed by atoms with Crippen LogP contribution in [-0.4, -0.2) is 16.5 Å². The third-order valence-corrected chi connectivity index (χ3v) is 2.45. The third-order valence-electron chi connectivity index (χ3n) is 1.41. The van der Waals surface area contributed by atoms with Gasteiger partial charge in [-0.05, 0) is 18.6 Å². The summed E-state index contributed by atoms with van der Waals surface area (Å²) in [5.74, 6) is 0.239. The topological polar surface area (TPSA) is 63.8 Å². The molecule has 0 aliphatic heterocycles. The zero-order valence-electron chi connectivity index (χ0n) is 7.41. The van der Waals surface area contributed by atoms with Crippen LogP contribution < -0.4 is 11.1 Å². The van der Waals surface area contributed by atoms with Gasteiger partial charge in [-0.3, -0.25) is 0 Å². The maximum Gasteiger partial charge on any atom is 0.224 e. The second-order valence-electron chi connectivity index (χ2n) is 2.54. The van der Waals surface area contributed by atoms with Crippen molar-refractivity contribution in [2.24, 2.45) is 0 Å². The Labute approximate surface area is 86.2 Å². The van der Waals surface area contributed by atoms with Gasteiger partial charge in [-0.1, -0.05) is 24.7 Å². The van der Waals surface area contributed by atoms with Crippen molar-refractivity contribution in [3.8, 4) is 0 Å². The quantitative estimate of drug-likeness (QED) is 0.596. The van der Waals surface area contributed by atoms with E-state index >= 15 is 0 Å². The van der Waals surface area contributed by atoms with Crippen LogP contribution in [0.2, 0.25) is 0 Å². The third kappa shape index (κ3) is 3.65. The maximum atomic E-state index is 5.44. The van der Waals surface area contributed by atoms with Crippen LogP contribution >= 0.6 is 23.6 Å². The minimum atomic E-state index is 0.239. The van der Waals surface area contributed by atoms with E-state index in [0.29, 0.717) is 3.95 Å². The van der Waals surface area contributed by atoms with Gasteiger partial charge in [0.25, 0.3) is 0 Å². The van der Waals surface area contributed by atoms with E-state index in [4.69, 9.17) is 18.0 Å². The summed E-state index contributed by atoms with van der Waals surface area (Å²) < 4.78 is 0.520. The Morgan fingerprint density at radius 2 is 2.31 bits per heavy atom. The van der Waals surface area contributed by atoms with Gasteiger partial charge >= 0.3 is 0 Å². The molecule has 72 valence electrons. The first-order valence-electron chi connectivity index (χ1n) is 4.11. The number of hydrogen-bond acceptors (Lipinski definition) is 6. The number of aromatic nitrogens is 2. The van der Waals surface area contributed by atoms with Crippen molar-refractivity contribution in [2.45, 2.75) is 19.8 Å². The number of nitrogens with zero attached hydrogens (tertiary/aromatic N) is 2. The van der Waals surface area contributed by atoms with Crippen molar-refractivity contribution in [3.63, 3.8) is 0 Å². The molecular formula is C7H12N4S2. The fraction of sp³-hybridized carbons (Fsp3) is 0.571. The number of rotatable bonds is 4. The molecule has 0 radical (unpaired) electrons. The van der Waals surface area contributed by atoms with Crippen LogP contribution in [0.5, 0.6) is 0 Å². The van der Waals surface area contributed by atoms with Gasteiger partial charge in [0.15, 0.2) is 9.09 Å². The summed E-state index contributed by atoms with van der Waals surface area (Å²) in [6, 6.07) is 0. The molecule has 0 aliphatic rings. The van der Waals surface area contributed by atoms with Gasteiger partial charge in [0, 0.05) is 6.54 Å². The highest BCUT2D eigenvalue weighted by Crippen LogP contribution is 2.12. The Kier molecular flexibility index (Phi) is 4.04. The van der Waals surface area contributed by atoms with Crippen molar-refractivity contribution in [1.29, 1.82) is 0 Å². The molecule has 0 amide bonds. The highest BCUT2D eigenvalue weighted by molar-refractivity contribution is 7.73. The first-order chi connectivity index (χ1) is 6.22. The summed E-state index contributed by atoms with van der Waals surface area (Å²) in [6.45, 7) is 3.04. The largest absolute Gasteiger partial charge is 0.368 e. The van der Waals surface area contributed by atoms with Crippen molar-refractivity contribution in [1.82, 2.24) is 9.97 Å². The van der Waals surface area contributed by atoms with Crippen molar-refractivity contribution in [2.75, 3.05) is 17.6 Å². The number of nitrogens with two attached hydrogens (primary N) is 1. The van der Waals surface area contributed by atoms with Crippen molar-refractivity contribution >= 4 is 34.6 Å². The smallest absolute Gasteiger partial charge is 0.224 e. The van der Waals surface area contributed by atoms with Crippen LogP contribution in [0.1, 0.15) is 19.8 Å². The van der Waals surface area contributed by atoms with E-state index in [1.54, 1.807) is 0 Å². The van der Waals surface area contributed by atoms with Gasteiger partial charge in [0.1, 0.15) is 0 Å². The van der Waals surface area contributed by atoms with Gasteiger partial charge in [0.05, 0.1) is 0 Å². The average molecular weight is 216 g/mol. The lowest BCUT2D eigenvalue weighted by molar-refractivity contribution is 0.833. The minimum Gasteiger partial charge on any atom is -0.368 e. The molecule has 13 heavy (non-hydrogen) atoms. The number of unbranched alkanes of at least 4 members (excludes halogenated alkanes) is 1. The second-order valence-corrected chi connectivity index (χ2v) is 4.16. The van der Waals surface area contributed by atoms with Crippen LogP contribution in [0, 0.1) is 3.95 Å². The van der Waals surface area contributed by atoms with Crippen molar-refractivity contribution in [3.05, 3.63) is 3.95 Å². The van der Waals surface area contributed by atoms with Crippen LogP contribution in [0.4, 0.5) is 11.1 Å². The molecule has 0 fully saturated rings. The first-order valence-corrected chi connectivity index (χ1v) is 5.33. The predicted molar refractivity (Wildman–Crippen MR) is 58.6 cm³/mol. The average Bonchev–Trinajstić information content (AvgIpc) is 2.03. The molecule has 0 saturated carbocycles. The molecule has 1 heterocycles. The number of anilines is 2. The highest BCUT2D eigenvalue weighted by Gasteiger charge is 1.96. The van der Waals surface area contributed by atoms with E-state index in [1.807, 2.05) is 0 Å². The number of nitrogen functional groups attached to an aromatic ring is 1. The molecule has 0 aromatic carbocycles. The van der Waals surface area contributed by atoms with E-state index in [2.05, 4.69) is 22.2 Å². The lowest BCUT2D eigenvalue weighted by Gasteiger charge is -2.02. The summed E-state index contributed by atoms with van der Waals surface area (Å²) in [7, 11) is 0. The molecule has 0 unspecified atom stereocenters. The SMILES string of the molecule is CCCCNc1nc(N)nc(=S)s1. The molecule has 0 bridgehead atoms. The second kappa shape index (κ2) is 5.08. The Morgan fingerprint density at radius 1 is 1.54 bits per heavy atom. The van der Waals surface area contributed by atoms with Crippen LogP contribution in [0.3, 0.4) is 0 Å². The zero-order chi connectivity index (χ0) is 9.68. The predicted octanol–water partition coefficient (Wildman–Crippen LogP) is 2.06. The van der Waals surface area contributed by atoms with Crippen LogP contribution in [0.15, 0.2) is 0 Å². The van der Waals surface area contributed by atoms with Crippen molar-refractivity contribution < 1.29 is 0 Å². The molecule has 1 aromatic rings. The van der Waals surface area contributed by atoms with Gasteiger partial charge in [-0.2, -0.15) is 9.97 Å². The lowest BCUT2D eigenvalue weighted by atomic mass is 10.3. The molecule has 0 saturated heterocycles. The standard InChI is InChI=1S/C7H12N4S2/c1-2-3-4-9-6-10-5(8)11-7(12)13-6/h2-4H2,1H3,(H3,8,9,10,11,12). The van der Waals surface area contributed by atoms with E-state index in [0.717, 1.165) is 24.5 Å². The minimum absolute atomic E-state index is 0.239. The number of nitrogens with one attached hydrogen (secondary N) is 1. The maximum absolute atomic E-state index is 5.44. The monoisotopic (exact) mass is 216 g/mol. The summed E-state index contributed by atoms with van der Waals surface area (Å²) in [5.41, 5.74) is 5.44. The molecule has 1 rings (SSSR count). The lowest BCUT2D eigenvalue weighted by Crippen LogP contribution is -2.03. The first kappa shape index (κ1) is 10.3. The molecule has 1 aromatic heterocycles. The van der Waals surface area contributed by atoms with Gasteiger partial charge in [0.2, 0.25) is 5.95 Å². The van der Waals surface area contributed by atoms with Gasteiger partial charge in [-0.15, -0.1) is 0 Å². The zero-order valence-corrected chi connectivity index (χ0v) is 9.04. The fourth-order valence-electron chi connectivity index (χ4n) is 0.799. The summed E-state index contributed by atoms with van der Waals surface area (Å²) in [4.78, 5) is 7.84. The van der Waals surface area contributed by atoms with Crippen LogP contribution in [-0.2, 0) is 0 Å². The summed E-state index contributed by atoms with van der Waals surface area (Å²) in [6.07, 6.45) is 2.27. The Hall–Kier alpha value is -0.750. The molecule has 6 heteroatoms. The van der Waals surface area contributed by atoms with Gasteiger partial charge in [-0.25, -0.2) is 0 Å².